The van der Waals surface area contributed by atoms with E-state index < -0.39 is 0 Å². The van der Waals surface area contributed by atoms with E-state index in [1.807, 2.05) is 19.1 Å². The van der Waals surface area contributed by atoms with Gasteiger partial charge in [-0.15, -0.1) is 11.3 Å². The summed E-state index contributed by atoms with van der Waals surface area (Å²) in [5.41, 5.74) is 9.88. The molecule has 0 atom stereocenters. The lowest BCUT2D eigenvalue weighted by Gasteiger charge is -1.99. The fourth-order valence-corrected chi connectivity index (χ4v) is 1.75. The highest BCUT2D eigenvalue weighted by Gasteiger charge is 1.97. The van der Waals surface area contributed by atoms with Crippen LogP contribution in [0.1, 0.15) is 11.1 Å². The van der Waals surface area contributed by atoms with E-state index in [0.29, 0.717) is 10.9 Å². The van der Waals surface area contributed by atoms with E-state index in [1.54, 1.807) is 17.7 Å². The molecule has 2 rings (SSSR count). The van der Waals surface area contributed by atoms with Gasteiger partial charge in [-0.1, -0.05) is 12.1 Å². The third-order valence-corrected chi connectivity index (χ3v) is 2.89. The highest BCUT2D eigenvalue weighted by molar-refractivity contribution is 7.14. The topological polar surface area (TPSA) is 83.5 Å². The number of nitrogens with two attached hydrogens (primary N) is 1. The van der Waals surface area contributed by atoms with Crippen LogP contribution in [0.5, 0.6) is 5.75 Å². The normalized spacial score (nSPS) is 10.9. The lowest BCUT2D eigenvalue weighted by Crippen LogP contribution is -1.91. The van der Waals surface area contributed by atoms with Gasteiger partial charge >= 0.3 is 0 Å². The quantitative estimate of drug-likeness (QED) is 0.574. The Morgan fingerprint density at radius 3 is 3.00 bits per heavy atom. The fourth-order valence-electron chi connectivity index (χ4n) is 1.21. The molecule has 0 saturated carbocycles. The first kappa shape index (κ1) is 11.4. The first-order valence-corrected chi connectivity index (χ1v) is 5.83. The summed E-state index contributed by atoms with van der Waals surface area (Å²) in [6, 6.07) is 5.35. The van der Waals surface area contributed by atoms with Crippen molar-refractivity contribution in [1.29, 1.82) is 0 Å². The fraction of sp³-hybridized carbons (Fsp3) is 0.0909. The zero-order valence-corrected chi connectivity index (χ0v) is 10.0. The van der Waals surface area contributed by atoms with Crippen molar-refractivity contribution in [3.8, 4) is 5.75 Å². The summed E-state index contributed by atoms with van der Waals surface area (Å²) in [6.07, 6.45) is 1.61. The van der Waals surface area contributed by atoms with Gasteiger partial charge in [0.15, 0.2) is 0 Å². The van der Waals surface area contributed by atoms with Crippen LogP contribution in [-0.4, -0.2) is 16.3 Å². The van der Waals surface area contributed by atoms with Gasteiger partial charge in [-0.05, 0) is 24.1 Å². The lowest BCUT2D eigenvalue weighted by molar-refractivity contribution is 0.471. The highest BCUT2D eigenvalue weighted by Crippen LogP contribution is 2.17. The zero-order valence-electron chi connectivity index (χ0n) is 9.21. The molecule has 1 aromatic heterocycles. The van der Waals surface area contributed by atoms with Crippen molar-refractivity contribution in [2.24, 2.45) is 5.10 Å². The van der Waals surface area contributed by atoms with Gasteiger partial charge in [0.1, 0.15) is 11.6 Å². The first-order valence-electron chi connectivity index (χ1n) is 4.95. The molecule has 4 N–H and O–H groups in total. The molecule has 0 aliphatic heterocycles. The minimum Gasteiger partial charge on any atom is -0.508 e. The molecule has 0 unspecified atom stereocenters. The third-order valence-electron chi connectivity index (χ3n) is 2.13. The van der Waals surface area contributed by atoms with Crippen LogP contribution >= 0.6 is 11.3 Å². The molecule has 88 valence electrons. The Kier molecular flexibility index (Phi) is 3.24. The van der Waals surface area contributed by atoms with Gasteiger partial charge in [0.25, 0.3) is 0 Å². The number of hydrazone groups is 1. The van der Waals surface area contributed by atoms with Crippen LogP contribution in [-0.2, 0) is 0 Å². The molecule has 1 aromatic carbocycles. The maximum Gasteiger partial charge on any atom is 0.205 e. The number of hydrogen-bond donors (Lipinski definition) is 3. The monoisotopic (exact) mass is 248 g/mol. The number of anilines is 2. The van der Waals surface area contributed by atoms with Gasteiger partial charge in [0.05, 0.1) is 6.21 Å². The molecule has 0 amide bonds. The molecule has 6 heteroatoms. The maximum absolute atomic E-state index is 9.51. The van der Waals surface area contributed by atoms with E-state index in [1.165, 1.54) is 11.3 Å². The van der Waals surface area contributed by atoms with Gasteiger partial charge < -0.3 is 10.8 Å². The van der Waals surface area contributed by atoms with Crippen molar-refractivity contribution in [3.05, 3.63) is 34.7 Å². The molecule has 17 heavy (non-hydrogen) atoms. The van der Waals surface area contributed by atoms with Crippen molar-refractivity contribution < 1.29 is 5.11 Å². The lowest BCUT2D eigenvalue weighted by atomic mass is 10.1. The number of nitrogen functional groups attached to an aromatic ring is 1. The van der Waals surface area contributed by atoms with Crippen LogP contribution in [0.2, 0.25) is 0 Å². The summed E-state index contributed by atoms with van der Waals surface area (Å²) in [5.74, 6) is 0.730. The largest absolute Gasteiger partial charge is 0.508 e. The molecule has 0 radical (unpaired) electrons. The summed E-state index contributed by atoms with van der Waals surface area (Å²) in [6.45, 7) is 1.84. The predicted molar refractivity (Wildman–Crippen MR) is 70.6 cm³/mol. The summed E-state index contributed by atoms with van der Waals surface area (Å²) < 4.78 is 0. The number of aromatic hydroxyl groups is 1. The van der Waals surface area contributed by atoms with Crippen molar-refractivity contribution in [3.63, 3.8) is 0 Å². The van der Waals surface area contributed by atoms with E-state index in [9.17, 15) is 5.11 Å². The van der Waals surface area contributed by atoms with E-state index in [-0.39, 0.29) is 5.75 Å². The average Bonchev–Trinajstić information content (AvgIpc) is 2.70. The second kappa shape index (κ2) is 4.84. The number of aromatic nitrogens is 1. The molecule has 2 aromatic rings. The number of rotatable bonds is 3. The van der Waals surface area contributed by atoms with Gasteiger partial charge in [-0.3, -0.25) is 5.43 Å². The van der Waals surface area contributed by atoms with Crippen LogP contribution in [0.15, 0.2) is 28.7 Å². The van der Waals surface area contributed by atoms with Crippen LogP contribution in [0.25, 0.3) is 0 Å². The Balaban J connectivity index is 2.03. The van der Waals surface area contributed by atoms with E-state index in [0.717, 1.165) is 11.1 Å². The summed E-state index contributed by atoms with van der Waals surface area (Å²) in [5, 5.41) is 15.9. The molecule has 0 spiro atoms. The van der Waals surface area contributed by atoms with E-state index in [2.05, 4.69) is 15.5 Å². The number of aryl methyl sites for hydroxylation is 1. The van der Waals surface area contributed by atoms with Crippen molar-refractivity contribution in [2.75, 3.05) is 11.2 Å². The second-order valence-corrected chi connectivity index (χ2v) is 4.35. The number of nitrogens with one attached hydrogen (secondary N) is 1. The summed E-state index contributed by atoms with van der Waals surface area (Å²) in [4.78, 5) is 4.00. The minimum atomic E-state index is 0.257. The van der Waals surface area contributed by atoms with Crippen LogP contribution in [0, 0.1) is 6.92 Å². The van der Waals surface area contributed by atoms with Crippen molar-refractivity contribution in [1.82, 2.24) is 4.98 Å². The Morgan fingerprint density at radius 2 is 2.35 bits per heavy atom. The summed E-state index contributed by atoms with van der Waals surface area (Å²) >= 11 is 1.38. The van der Waals surface area contributed by atoms with E-state index in [4.69, 9.17) is 5.73 Å². The molecule has 1 heterocycles. The van der Waals surface area contributed by atoms with Gasteiger partial charge in [0.2, 0.25) is 5.13 Å². The number of phenolic OH excluding ortho intramolecular Hbond substituents is 1. The predicted octanol–water partition coefficient (Wildman–Crippen LogP) is 2.19. The Morgan fingerprint density at radius 1 is 1.53 bits per heavy atom. The van der Waals surface area contributed by atoms with Crippen molar-refractivity contribution in [2.45, 2.75) is 6.92 Å². The van der Waals surface area contributed by atoms with Gasteiger partial charge in [0, 0.05) is 5.38 Å². The highest BCUT2D eigenvalue weighted by atomic mass is 32.1. The van der Waals surface area contributed by atoms with E-state index >= 15 is 0 Å². The molecule has 0 aliphatic rings. The molecule has 0 fully saturated rings. The Hall–Kier alpha value is -2.08. The smallest absolute Gasteiger partial charge is 0.205 e. The number of benzene rings is 1. The molecule has 5 nitrogen and oxygen atoms in total. The second-order valence-electron chi connectivity index (χ2n) is 3.49. The molecule has 0 saturated heterocycles. The summed E-state index contributed by atoms with van der Waals surface area (Å²) in [7, 11) is 0. The molecule has 0 aliphatic carbocycles. The first-order chi connectivity index (χ1) is 8.15. The minimum absolute atomic E-state index is 0.257. The number of hydrogen-bond acceptors (Lipinski definition) is 6. The Bertz CT molecular complexity index is 550. The number of nitrogens with zero attached hydrogens (tertiary/aromatic N) is 2. The van der Waals surface area contributed by atoms with Gasteiger partial charge in [-0.2, -0.15) is 5.10 Å². The number of phenols is 1. The standard InChI is InChI=1S/C11H12N4OS/c1-7-2-3-8(4-9(7)16)5-13-15-11-14-10(12)6-17-11/h2-6,16H,12H2,1H3,(H,14,15). The van der Waals surface area contributed by atoms with Crippen molar-refractivity contribution >= 4 is 28.5 Å². The number of thiazole rings is 1. The maximum atomic E-state index is 9.51. The zero-order chi connectivity index (χ0) is 12.3. The van der Waals surface area contributed by atoms with Crippen LogP contribution < -0.4 is 11.2 Å². The molecular weight excluding hydrogens is 236 g/mol. The Labute approximate surface area is 103 Å². The van der Waals surface area contributed by atoms with Gasteiger partial charge in [-0.25, -0.2) is 4.98 Å². The molecular formula is C11H12N4OS. The van der Waals surface area contributed by atoms with Crippen LogP contribution in [0.4, 0.5) is 10.9 Å². The average molecular weight is 248 g/mol. The SMILES string of the molecule is Cc1ccc(C=NNc2nc(N)cs2)cc1O. The molecule has 0 bridgehead atoms. The van der Waals surface area contributed by atoms with Crippen LogP contribution in [0.3, 0.4) is 0 Å². The third kappa shape index (κ3) is 2.94.